The van der Waals surface area contributed by atoms with E-state index in [-0.39, 0.29) is 26.1 Å². The number of sulfonamides is 1. The van der Waals surface area contributed by atoms with Crippen molar-refractivity contribution in [2.75, 3.05) is 11.4 Å². The lowest BCUT2D eigenvalue weighted by Gasteiger charge is -2.41. The van der Waals surface area contributed by atoms with Crippen LogP contribution in [-0.4, -0.2) is 36.2 Å². The van der Waals surface area contributed by atoms with Crippen LogP contribution in [0.25, 0.3) is 0 Å². The minimum Gasteiger partial charge on any atom is -0.489 e. The molecule has 1 aromatic heterocycles. The summed E-state index contributed by atoms with van der Waals surface area (Å²) in [6.45, 7) is -0.238. The zero-order chi connectivity index (χ0) is 34.0. The standard InChI is InChI=1S/C35H32F5N3O4S/c36-29-30(37)32(39)34(33(40)31(29)38)48(45,46)43-17-16-28(43)35(44)42(20-25-15-14-24(19-41-25)23-10-5-2-6-11-23)26-12-7-13-27(18-26)47-21-22-8-3-1-4-9-22/h1,3-4,7-9,12-15,18-19,23,28H,2,5-6,10-11,16-17,20-21H2/t28-/m1/s1. The van der Waals surface area contributed by atoms with Crippen LogP contribution < -0.4 is 9.64 Å². The van der Waals surface area contributed by atoms with Gasteiger partial charge in [0.2, 0.25) is 21.7 Å². The maximum absolute atomic E-state index is 14.6. The Balaban J connectivity index is 1.30. The van der Waals surface area contributed by atoms with Gasteiger partial charge in [0.25, 0.3) is 0 Å². The van der Waals surface area contributed by atoms with Crippen molar-refractivity contribution >= 4 is 21.6 Å². The number of rotatable bonds is 10. The number of carbonyl (C=O) groups is 1. The highest BCUT2D eigenvalue weighted by atomic mass is 32.2. The highest BCUT2D eigenvalue weighted by Gasteiger charge is 2.48. The largest absolute Gasteiger partial charge is 0.489 e. The van der Waals surface area contributed by atoms with Crippen molar-refractivity contribution in [3.8, 4) is 5.75 Å². The highest BCUT2D eigenvalue weighted by molar-refractivity contribution is 7.89. The third-order valence-electron chi connectivity index (χ3n) is 8.88. The first-order valence-electron chi connectivity index (χ1n) is 15.6. The second-order valence-corrected chi connectivity index (χ2v) is 13.8. The molecule has 1 aliphatic heterocycles. The van der Waals surface area contributed by atoms with Crippen LogP contribution in [-0.2, 0) is 28.0 Å². The van der Waals surface area contributed by atoms with E-state index in [1.54, 1.807) is 36.5 Å². The van der Waals surface area contributed by atoms with Gasteiger partial charge in [0, 0.05) is 24.5 Å². The summed E-state index contributed by atoms with van der Waals surface area (Å²) >= 11 is 0. The van der Waals surface area contributed by atoms with E-state index in [0.717, 1.165) is 36.8 Å². The molecule has 0 radical (unpaired) electrons. The van der Waals surface area contributed by atoms with Crippen LogP contribution in [0.2, 0.25) is 0 Å². The number of halogens is 5. The summed E-state index contributed by atoms with van der Waals surface area (Å²) in [6.07, 6.45) is 7.34. The Morgan fingerprint density at radius 2 is 1.52 bits per heavy atom. The molecule has 2 fully saturated rings. The minimum absolute atomic E-state index is 0.0534. The molecule has 7 nitrogen and oxygen atoms in total. The molecule has 1 amide bonds. The van der Waals surface area contributed by atoms with Gasteiger partial charge >= 0.3 is 0 Å². The molecule has 4 aromatic rings. The van der Waals surface area contributed by atoms with E-state index in [1.165, 1.54) is 11.3 Å². The molecule has 0 bridgehead atoms. The smallest absolute Gasteiger partial charge is 0.249 e. The van der Waals surface area contributed by atoms with E-state index < -0.39 is 56.0 Å². The van der Waals surface area contributed by atoms with Crippen molar-refractivity contribution in [1.29, 1.82) is 0 Å². The summed E-state index contributed by atoms with van der Waals surface area (Å²) in [6, 6.07) is 18.2. The summed E-state index contributed by atoms with van der Waals surface area (Å²) in [5, 5.41) is 0. The third kappa shape index (κ3) is 6.66. The molecule has 1 saturated carbocycles. The van der Waals surface area contributed by atoms with Gasteiger partial charge in [-0.25, -0.2) is 30.4 Å². The highest BCUT2D eigenvalue weighted by Crippen LogP contribution is 2.36. The van der Waals surface area contributed by atoms with Gasteiger partial charge in [0.05, 0.1) is 12.2 Å². The molecule has 48 heavy (non-hydrogen) atoms. The lowest BCUT2D eigenvalue weighted by atomic mass is 9.85. The maximum Gasteiger partial charge on any atom is 0.249 e. The Kier molecular flexibility index (Phi) is 9.79. The number of carbonyl (C=O) groups excluding carboxylic acids is 1. The molecule has 6 rings (SSSR count). The summed E-state index contributed by atoms with van der Waals surface area (Å²) in [5.41, 5.74) is 2.81. The van der Waals surface area contributed by atoms with Crippen molar-refractivity contribution < 1.29 is 39.9 Å². The van der Waals surface area contributed by atoms with Crippen LogP contribution in [0.3, 0.4) is 0 Å². The first-order chi connectivity index (χ1) is 23.1. The van der Waals surface area contributed by atoms with Crippen LogP contribution in [0, 0.1) is 29.1 Å². The second-order valence-electron chi connectivity index (χ2n) is 11.9. The van der Waals surface area contributed by atoms with Gasteiger partial charge in [-0.3, -0.25) is 9.78 Å². The zero-order valence-corrected chi connectivity index (χ0v) is 26.5. The number of benzene rings is 3. The van der Waals surface area contributed by atoms with Gasteiger partial charge in [-0.2, -0.15) is 4.31 Å². The lowest BCUT2D eigenvalue weighted by Crippen LogP contribution is -2.59. The molecular weight excluding hydrogens is 653 g/mol. The van der Waals surface area contributed by atoms with E-state index >= 15 is 0 Å². The van der Waals surface area contributed by atoms with Gasteiger partial charge in [-0.1, -0.05) is 61.7 Å². The number of anilines is 1. The van der Waals surface area contributed by atoms with Crippen LogP contribution in [0.1, 0.15) is 61.3 Å². The minimum atomic E-state index is -5.32. The molecule has 0 spiro atoms. The maximum atomic E-state index is 14.6. The van der Waals surface area contributed by atoms with Gasteiger partial charge in [-0.15, -0.1) is 0 Å². The number of pyridine rings is 1. The average molecular weight is 686 g/mol. The molecule has 1 aliphatic carbocycles. The van der Waals surface area contributed by atoms with E-state index in [4.69, 9.17) is 4.74 Å². The van der Waals surface area contributed by atoms with Gasteiger partial charge in [-0.05, 0) is 54.5 Å². The van der Waals surface area contributed by atoms with Crippen LogP contribution >= 0.6 is 0 Å². The summed E-state index contributed by atoms with van der Waals surface area (Å²) in [4.78, 5) is 18.0. The topological polar surface area (TPSA) is 79.8 Å². The van der Waals surface area contributed by atoms with Crippen molar-refractivity contribution in [1.82, 2.24) is 9.29 Å². The van der Waals surface area contributed by atoms with Crippen LogP contribution in [0.15, 0.2) is 77.8 Å². The predicted molar refractivity (Wildman–Crippen MR) is 167 cm³/mol. The molecule has 13 heteroatoms. The molecule has 0 N–H and O–H groups in total. The lowest BCUT2D eigenvalue weighted by molar-refractivity contribution is -0.125. The molecular formula is C35H32F5N3O4S. The van der Waals surface area contributed by atoms with Crippen molar-refractivity contribution in [3.63, 3.8) is 0 Å². The van der Waals surface area contributed by atoms with E-state index in [0.29, 0.717) is 27.4 Å². The Hall–Kier alpha value is -4.36. The van der Waals surface area contributed by atoms with Crippen molar-refractivity contribution in [3.05, 3.63) is 119 Å². The molecule has 3 aromatic carbocycles. The molecule has 1 atom stereocenters. The predicted octanol–water partition coefficient (Wildman–Crippen LogP) is 7.40. The molecule has 1 saturated heterocycles. The quantitative estimate of drug-likeness (QED) is 0.0988. The van der Waals surface area contributed by atoms with E-state index in [9.17, 15) is 35.2 Å². The summed E-state index contributed by atoms with van der Waals surface area (Å²) < 4.78 is 104. The van der Waals surface area contributed by atoms with Crippen molar-refractivity contribution in [2.24, 2.45) is 0 Å². The summed E-state index contributed by atoms with van der Waals surface area (Å²) in [5.74, 6) is -12.2. The number of nitrogens with zero attached hydrogens (tertiary/aromatic N) is 3. The van der Waals surface area contributed by atoms with Gasteiger partial charge < -0.3 is 9.64 Å². The third-order valence-corrected chi connectivity index (χ3v) is 10.8. The Labute approximate surface area is 275 Å². The number of ether oxygens (including phenoxy) is 1. The second kappa shape index (κ2) is 14.0. The molecule has 252 valence electrons. The molecule has 0 unspecified atom stereocenters. The molecule has 2 heterocycles. The first kappa shape index (κ1) is 33.5. The van der Waals surface area contributed by atoms with Crippen LogP contribution in [0.4, 0.5) is 27.6 Å². The Bertz CT molecular complexity index is 1880. The zero-order valence-electron chi connectivity index (χ0n) is 25.7. The fourth-order valence-corrected chi connectivity index (χ4v) is 7.90. The average Bonchev–Trinajstić information content (AvgIpc) is 3.08. The Morgan fingerprint density at radius 3 is 2.15 bits per heavy atom. The summed E-state index contributed by atoms with van der Waals surface area (Å²) in [7, 11) is -5.32. The fourth-order valence-electron chi connectivity index (χ4n) is 6.15. The van der Waals surface area contributed by atoms with Crippen LogP contribution in [0.5, 0.6) is 5.75 Å². The number of amides is 1. The van der Waals surface area contributed by atoms with E-state index in [2.05, 4.69) is 4.98 Å². The number of aromatic nitrogens is 1. The normalized spacial score (nSPS) is 17.1. The monoisotopic (exact) mass is 685 g/mol. The molecule has 2 aliphatic rings. The number of hydrogen-bond donors (Lipinski definition) is 0. The number of hydrogen-bond acceptors (Lipinski definition) is 5. The van der Waals surface area contributed by atoms with Crippen molar-refractivity contribution in [2.45, 2.75) is 68.5 Å². The van der Waals surface area contributed by atoms with Gasteiger partial charge in [0.15, 0.2) is 28.2 Å². The first-order valence-corrected chi connectivity index (χ1v) is 17.1. The Morgan fingerprint density at radius 1 is 0.833 bits per heavy atom. The fraction of sp³-hybridized carbons (Fsp3) is 0.314. The SMILES string of the molecule is O=C([C@H]1CCN1S(=O)(=O)c1c(F)c(F)c(F)c(F)c1F)N(Cc1ccc(C2CCCCC2)cn1)c1cccc(OCc2ccccc2)c1. The van der Waals surface area contributed by atoms with E-state index in [1.807, 2.05) is 36.4 Å². The van der Waals surface area contributed by atoms with Gasteiger partial charge in [0.1, 0.15) is 18.4 Å².